The molecule has 2 heterocycles. The largest absolute Gasteiger partial charge is 0.397 e. The van der Waals surface area contributed by atoms with Gasteiger partial charge < -0.3 is 15.4 Å². The fourth-order valence-corrected chi connectivity index (χ4v) is 2.95. The fraction of sp³-hybridized carbons (Fsp3) is 0.438. The Balaban J connectivity index is 1.87. The van der Waals surface area contributed by atoms with Crippen LogP contribution in [0, 0.1) is 5.92 Å². The van der Waals surface area contributed by atoms with Gasteiger partial charge in [0.15, 0.2) is 0 Å². The average molecular weight is 271 g/mol. The van der Waals surface area contributed by atoms with Gasteiger partial charge in [-0.15, -0.1) is 0 Å². The maximum Gasteiger partial charge on any atom is 0.0951 e. The zero-order chi connectivity index (χ0) is 13.9. The van der Waals surface area contributed by atoms with E-state index in [1.54, 1.807) is 6.20 Å². The molecule has 20 heavy (non-hydrogen) atoms. The molecular formula is C16H21N3O. The Morgan fingerprint density at radius 2 is 2.30 bits per heavy atom. The first-order valence-electron chi connectivity index (χ1n) is 7.18. The highest BCUT2D eigenvalue weighted by Crippen LogP contribution is 2.29. The Kier molecular flexibility index (Phi) is 3.74. The van der Waals surface area contributed by atoms with Crippen molar-refractivity contribution in [2.75, 3.05) is 37.4 Å². The number of hydrogen-bond donors (Lipinski definition) is 1. The molecule has 1 aliphatic heterocycles. The maximum absolute atomic E-state index is 6.01. The highest BCUT2D eigenvalue weighted by atomic mass is 16.5. The summed E-state index contributed by atoms with van der Waals surface area (Å²) in [5, 5.41) is 1.12. The number of aromatic nitrogens is 1. The van der Waals surface area contributed by atoms with Crippen molar-refractivity contribution in [2.45, 2.75) is 12.8 Å². The smallest absolute Gasteiger partial charge is 0.0951 e. The number of nitrogens with zero attached hydrogens (tertiary/aromatic N) is 2. The van der Waals surface area contributed by atoms with E-state index in [2.05, 4.69) is 29.1 Å². The Hall–Kier alpha value is -1.81. The van der Waals surface area contributed by atoms with Gasteiger partial charge in [-0.3, -0.25) is 4.98 Å². The molecule has 2 N–H and O–H groups in total. The number of anilines is 2. The third kappa shape index (κ3) is 2.56. The van der Waals surface area contributed by atoms with Crippen LogP contribution in [0.3, 0.4) is 0 Å². The zero-order valence-corrected chi connectivity index (χ0v) is 11.9. The number of nitrogen functional groups attached to an aromatic ring is 1. The summed E-state index contributed by atoms with van der Waals surface area (Å²) in [5.74, 6) is 0.609. The molecule has 0 aliphatic carbocycles. The second-order valence-corrected chi connectivity index (χ2v) is 5.54. The topological polar surface area (TPSA) is 51.4 Å². The molecule has 1 aromatic carbocycles. The summed E-state index contributed by atoms with van der Waals surface area (Å²) in [6.07, 6.45) is 4.20. The van der Waals surface area contributed by atoms with Crippen LogP contribution < -0.4 is 10.6 Å². The lowest BCUT2D eigenvalue weighted by Gasteiger charge is -2.29. The number of benzene rings is 1. The summed E-state index contributed by atoms with van der Waals surface area (Å²) >= 11 is 0. The van der Waals surface area contributed by atoms with E-state index in [0.717, 1.165) is 36.3 Å². The molecule has 0 amide bonds. The van der Waals surface area contributed by atoms with Gasteiger partial charge in [-0.1, -0.05) is 0 Å². The van der Waals surface area contributed by atoms with Gasteiger partial charge in [-0.2, -0.15) is 0 Å². The lowest BCUT2D eigenvalue weighted by Crippen LogP contribution is -2.30. The van der Waals surface area contributed by atoms with Crippen molar-refractivity contribution in [3.05, 3.63) is 30.5 Å². The molecule has 4 nitrogen and oxygen atoms in total. The van der Waals surface area contributed by atoms with Gasteiger partial charge >= 0.3 is 0 Å². The predicted octanol–water partition coefficient (Wildman–Crippen LogP) is 2.68. The molecule has 0 radical (unpaired) electrons. The summed E-state index contributed by atoms with van der Waals surface area (Å²) in [7, 11) is 2.13. The minimum Gasteiger partial charge on any atom is -0.397 e. The summed E-state index contributed by atoms with van der Waals surface area (Å²) in [5.41, 5.74) is 8.82. The molecule has 1 aromatic heterocycles. The van der Waals surface area contributed by atoms with Crippen LogP contribution in [0.4, 0.5) is 11.4 Å². The van der Waals surface area contributed by atoms with Crippen LogP contribution in [0.1, 0.15) is 12.8 Å². The standard InChI is InChI=1S/C16H21N3O/c1-19(10-12-4-3-9-20-11-12)15-7-6-14(17)16-13(15)5-2-8-18-16/h2,5-8,12H,3-4,9-11,17H2,1H3. The second kappa shape index (κ2) is 5.67. The summed E-state index contributed by atoms with van der Waals surface area (Å²) in [4.78, 5) is 6.69. The third-order valence-corrected chi connectivity index (χ3v) is 3.98. The number of rotatable bonds is 3. The van der Waals surface area contributed by atoms with Crippen LogP contribution >= 0.6 is 0 Å². The molecule has 0 bridgehead atoms. The number of nitrogens with two attached hydrogens (primary N) is 1. The van der Waals surface area contributed by atoms with E-state index in [0.29, 0.717) is 5.92 Å². The molecule has 0 saturated carbocycles. The normalized spacial score (nSPS) is 19.1. The van der Waals surface area contributed by atoms with E-state index in [4.69, 9.17) is 10.5 Å². The summed E-state index contributed by atoms with van der Waals surface area (Å²) < 4.78 is 5.57. The molecule has 1 aliphatic rings. The molecule has 1 unspecified atom stereocenters. The lowest BCUT2D eigenvalue weighted by atomic mass is 10.0. The molecule has 4 heteroatoms. The fourth-order valence-electron chi connectivity index (χ4n) is 2.95. The Bertz CT molecular complexity index is 593. The van der Waals surface area contributed by atoms with Crippen molar-refractivity contribution in [1.82, 2.24) is 4.98 Å². The molecule has 2 aromatic rings. The Labute approximate surface area is 119 Å². The van der Waals surface area contributed by atoms with E-state index in [9.17, 15) is 0 Å². The molecule has 3 rings (SSSR count). The van der Waals surface area contributed by atoms with Gasteiger partial charge in [0.05, 0.1) is 17.8 Å². The Morgan fingerprint density at radius 3 is 3.10 bits per heavy atom. The van der Waals surface area contributed by atoms with Gasteiger partial charge in [0.2, 0.25) is 0 Å². The third-order valence-electron chi connectivity index (χ3n) is 3.98. The minimum atomic E-state index is 0.609. The van der Waals surface area contributed by atoms with Crippen molar-refractivity contribution in [1.29, 1.82) is 0 Å². The first kappa shape index (κ1) is 13.2. The first-order valence-corrected chi connectivity index (χ1v) is 7.18. The predicted molar refractivity (Wildman–Crippen MR) is 83.0 cm³/mol. The highest BCUT2D eigenvalue weighted by molar-refractivity contribution is 5.98. The molecule has 1 fully saturated rings. The SMILES string of the molecule is CN(CC1CCCOC1)c1ccc(N)c2ncccc12. The van der Waals surface area contributed by atoms with Crippen LogP contribution in [0.15, 0.2) is 30.5 Å². The van der Waals surface area contributed by atoms with Crippen LogP contribution in [0.25, 0.3) is 10.9 Å². The van der Waals surface area contributed by atoms with E-state index in [-0.39, 0.29) is 0 Å². The average Bonchev–Trinajstić information content (AvgIpc) is 2.49. The molecule has 0 spiro atoms. The number of ether oxygens (including phenoxy) is 1. The van der Waals surface area contributed by atoms with Gasteiger partial charge in [-0.25, -0.2) is 0 Å². The molecule has 106 valence electrons. The van der Waals surface area contributed by atoms with Gasteiger partial charge in [-0.05, 0) is 43.0 Å². The number of fused-ring (bicyclic) bond motifs is 1. The quantitative estimate of drug-likeness (QED) is 0.872. The lowest BCUT2D eigenvalue weighted by molar-refractivity contribution is 0.0576. The van der Waals surface area contributed by atoms with Crippen LogP contribution in [0.2, 0.25) is 0 Å². The first-order chi connectivity index (χ1) is 9.75. The van der Waals surface area contributed by atoms with E-state index >= 15 is 0 Å². The van der Waals surface area contributed by atoms with E-state index in [1.807, 2.05) is 12.1 Å². The zero-order valence-electron chi connectivity index (χ0n) is 11.9. The molecule has 1 atom stereocenters. The van der Waals surface area contributed by atoms with Crippen molar-refractivity contribution in [3.8, 4) is 0 Å². The monoisotopic (exact) mass is 271 g/mol. The van der Waals surface area contributed by atoms with Crippen LogP contribution in [-0.4, -0.2) is 31.8 Å². The summed E-state index contributed by atoms with van der Waals surface area (Å²) in [6.45, 7) is 2.79. The summed E-state index contributed by atoms with van der Waals surface area (Å²) in [6, 6.07) is 8.08. The van der Waals surface area contributed by atoms with E-state index < -0.39 is 0 Å². The van der Waals surface area contributed by atoms with Crippen molar-refractivity contribution in [3.63, 3.8) is 0 Å². The Morgan fingerprint density at radius 1 is 1.40 bits per heavy atom. The van der Waals surface area contributed by atoms with Crippen molar-refractivity contribution >= 4 is 22.3 Å². The van der Waals surface area contributed by atoms with Gasteiger partial charge in [0.25, 0.3) is 0 Å². The van der Waals surface area contributed by atoms with Crippen molar-refractivity contribution < 1.29 is 4.74 Å². The van der Waals surface area contributed by atoms with Crippen molar-refractivity contribution in [2.24, 2.45) is 5.92 Å². The molecular weight excluding hydrogens is 250 g/mol. The van der Waals surface area contributed by atoms with E-state index in [1.165, 1.54) is 18.5 Å². The number of hydrogen-bond acceptors (Lipinski definition) is 4. The van der Waals surface area contributed by atoms with Crippen LogP contribution in [0.5, 0.6) is 0 Å². The van der Waals surface area contributed by atoms with Gasteiger partial charge in [0, 0.05) is 37.5 Å². The minimum absolute atomic E-state index is 0.609. The van der Waals surface area contributed by atoms with Crippen LogP contribution in [-0.2, 0) is 4.74 Å². The highest BCUT2D eigenvalue weighted by Gasteiger charge is 2.17. The second-order valence-electron chi connectivity index (χ2n) is 5.54. The number of pyridine rings is 1. The molecule has 1 saturated heterocycles. The maximum atomic E-state index is 6.01. The van der Waals surface area contributed by atoms with Gasteiger partial charge in [0.1, 0.15) is 0 Å².